The fourth-order valence-electron chi connectivity index (χ4n) is 2.83. The van der Waals surface area contributed by atoms with E-state index >= 15 is 0 Å². The minimum Gasteiger partial charge on any atom is -0.314 e. The van der Waals surface area contributed by atoms with Crippen LogP contribution in [0.5, 0.6) is 0 Å². The largest absolute Gasteiger partial charge is 0.314 e. The van der Waals surface area contributed by atoms with Gasteiger partial charge in [0, 0.05) is 19.3 Å². The Bertz CT molecular complexity index is 666. The number of anilines is 1. The minimum atomic E-state index is -0.148. The second-order valence-electron chi connectivity index (χ2n) is 5.64. The van der Waals surface area contributed by atoms with Gasteiger partial charge in [-0.05, 0) is 42.2 Å². The molecule has 1 atom stereocenters. The predicted molar refractivity (Wildman–Crippen MR) is 85.4 cm³/mol. The molecule has 0 spiro atoms. The molecule has 1 aliphatic heterocycles. The lowest BCUT2D eigenvalue weighted by Gasteiger charge is -2.29. The molecule has 0 saturated heterocycles. The molecule has 1 amide bonds. The lowest BCUT2D eigenvalue weighted by atomic mass is 9.95. The molecule has 2 aromatic carbocycles. The fraction of sp³-hybridized carbons (Fsp3) is 0.278. The van der Waals surface area contributed by atoms with Crippen molar-refractivity contribution in [3.05, 3.63) is 65.2 Å². The van der Waals surface area contributed by atoms with E-state index in [2.05, 4.69) is 17.4 Å². The Balaban J connectivity index is 1.77. The van der Waals surface area contributed by atoms with Crippen molar-refractivity contribution in [2.45, 2.75) is 25.9 Å². The van der Waals surface area contributed by atoms with E-state index in [4.69, 9.17) is 0 Å². The summed E-state index contributed by atoms with van der Waals surface area (Å²) < 4.78 is 0. The molecule has 3 heteroatoms. The molecule has 0 bridgehead atoms. The van der Waals surface area contributed by atoms with Crippen molar-refractivity contribution in [3.8, 4) is 0 Å². The van der Waals surface area contributed by atoms with Crippen LogP contribution in [0.4, 0.5) is 5.69 Å². The van der Waals surface area contributed by atoms with Crippen LogP contribution in [0.2, 0.25) is 0 Å². The topological polar surface area (TPSA) is 32.3 Å². The van der Waals surface area contributed by atoms with Gasteiger partial charge in [0.1, 0.15) is 0 Å². The molecule has 3 nitrogen and oxygen atoms in total. The molecule has 0 radical (unpaired) electrons. The highest BCUT2D eigenvalue weighted by molar-refractivity contribution is 5.97. The van der Waals surface area contributed by atoms with Crippen LogP contribution in [0.15, 0.2) is 48.5 Å². The Morgan fingerprint density at radius 3 is 2.67 bits per heavy atom. The molecule has 0 aliphatic carbocycles. The van der Waals surface area contributed by atoms with E-state index in [0.717, 1.165) is 24.2 Å². The quantitative estimate of drug-likeness (QED) is 0.917. The highest BCUT2D eigenvalue weighted by Gasteiger charge is 2.26. The first-order valence-corrected chi connectivity index (χ1v) is 7.29. The summed E-state index contributed by atoms with van der Waals surface area (Å²) in [5.41, 5.74) is 4.67. The molecule has 108 valence electrons. The van der Waals surface area contributed by atoms with Gasteiger partial charge in [0.15, 0.2) is 0 Å². The summed E-state index contributed by atoms with van der Waals surface area (Å²) in [6.45, 7) is 2.80. The normalized spacial score (nSPS) is 17.1. The van der Waals surface area contributed by atoms with Crippen LogP contribution in [0.25, 0.3) is 0 Å². The van der Waals surface area contributed by atoms with Crippen LogP contribution < -0.4 is 10.2 Å². The number of amides is 1. The van der Waals surface area contributed by atoms with Gasteiger partial charge < -0.3 is 10.2 Å². The van der Waals surface area contributed by atoms with Crippen LogP contribution in [-0.4, -0.2) is 19.0 Å². The predicted octanol–water partition coefficient (Wildman–Crippen LogP) is 2.67. The van der Waals surface area contributed by atoms with Crippen LogP contribution in [0, 0.1) is 6.92 Å². The third-order valence-corrected chi connectivity index (χ3v) is 4.10. The van der Waals surface area contributed by atoms with E-state index in [-0.39, 0.29) is 11.9 Å². The van der Waals surface area contributed by atoms with Crippen LogP contribution in [0.3, 0.4) is 0 Å². The van der Waals surface area contributed by atoms with Crippen molar-refractivity contribution in [3.63, 3.8) is 0 Å². The Kier molecular flexibility index (Phi) is 3.76. The number of benzene rings is 2. The molecular weight excluding hydrogens is 260 g/mol. The van der Waals surface area contributed by atoms with Gasteiger partial charge in [0.25, 0.3) is 0 Å². The van der Waals surface area contributed by atoms with Gasteiger partial charge in [-0.3, -0.25) is 4.79 Å². The molecule has 0 unspecified atom stereocenters. The van der Waals surface area contributed by atoms with E-state index in [9.17, 15) is 4.79 Å². The zero-order valence-corrected chi connectivity index (χ0v) is 12.5. The standard InChI is InChI=1S/C18H20N2O/c1-13-6-5-9-16(10-13)20(2)18(21)17-11-14-7-3-4-8-15(14)12-19-17/h3-10,17,19H,11-12H2,1-2H3/t17-/m0/s1. The fourth-order valence-corrected chi connectivity index (χ4v) is 2.83. The number of nitrogens with one attached hydrogen (secondary N) is 1. The smallest absolute Gasteiger partial charge is 0.244 e. The highest BCUT2D eigenvalue weighted by atomic mass is 16.2. The first kappa shape index (κ1) is 13.8. The molecule has 1 N–H and O–H groups in total. The number of nitrogens with zero attached hydrogens (tertiary/aromatic N) is 1. The van der Waals surface area contributed by atoms with Crippen molar-refractivity contribution < 1.29 is 4.79 Å². The van der Waals surface area contributed by atoms with Crippen LogP contribution in [-0.2, 0) is 17.8 Å². The molecule has 0 fully saturated rings. The zero-order chi connectivity index (χ0) is 14.8. The van der Waals surface area contributed by atoms with Crippen molar-refractivity contribution in [1.29, 1.82) is 0 Å². The number of carbonyl (C=O) groups is 1. The lowest BCUT2D eigenvalue weighted by molar-refractivity contribution is -0.120. The molecule has 2 aromatic rings. The van der Waals surface area contributed by atoms with E-state index in [1.54, 1.807) is 4.90 Å². The third kappa shape index (κ3) is 2.83. The maximum Gasteiger partial charge on any atom is 0.244 e. The van der Waals surface area contributed by atoms with Gasteiger partial charge >= 0.3 is 0 Å². The average Bonchev–Trinajstić information content (AvgIpc) is 2.53. The monoisotopic (exact) mass is 280 g/mol. The van der Waals surface area contributed by atoms with E-state index in [1.807, 2.05) is 50.4 Å². The van der Waals surface area contributed by atoms with Gasteiger partial charge in [-0.1, -0.05) is 36.4 Å². The molecule has 1 heterocycles. The summed E-state index contributed by atoms with van der Waals surface area (Å²) in [6, 6.07) is 16.2. The van der Waals surface area contributed by atoms with E-state index in [1.165, 1.54) is 11.1 Å². The van der Waals surface area contributed by atoms with Crippen molar-refractivity contribution in [1.82, 2.24) is 5.32 Å². The van der Waals surface area contributed by atoms with Gasteiger partial charge in [0.2, 0.25) is 5.91 Å². The summed E-state index contributed by atoms with van der Waals surface area (Å²) in [5, 5.41) is 3.35. The van der Waals surface area contributed by atoms with Gasteiger partial charge in [0.05, 0.1) is 6.04 Å². The number of aryl methyl sites for hydroxylation is 1. The van der Waals surface area contributed by atoms with Gasteiger partial charge in [-0.25, -0.2) is 0 Å². The second-order valence-corrected chi connectivity index (χ2v) is 5.64. The maximum atomic E-state index is 12.7. The highest BCUT2D eigenvalue weighted by Crippen LogP contribution is 2.20. The van der Waals surface area contributed by atoms with Crippen molar-refractivity contribution >= 4 is 11.6 Å². The first-order valence-electron chi connectivity index (χ1n) is 7.29. The lowest BCUT2D eigenvalue weighted by Crippen LogP contribution is -2.48. The Labute approximate surface area is 125 Å². The summed E-state index contributed by atoms with van der Waals surface area (Å²) in [5.74, 6) is 0.120. The van der Waals surface area contributed by atoms with Crippen molar-refractivity contribution in [2.24, 2.45) is 0 Å². The zero-order valence-electron chi connectivity index (χ0n) is 12.5. The molecule has 1 aliphatic rings. The number of rotatable bonds is 2. The molecule has 0 saturated carbocycles. The van der Waals surface area contributed by atoms with Gasteiger partial charge in [-0.15, -0.1) is 0 Å². The average molecular weight is 280 g/mol. The maximum absolute atomic E-state index is 12.7. The molecule has 3 rings (SSSR count). The van der Waals surface area contributed by atoms with Crippen LogP contribution in [0.1, 0.15) is 16.7 Å². The van der Waals surface area contributed by atoms with E-state index in [0.29, 0.717) is 0 Å². The number of hydrogen-bond donors (Lipinski definition) is 1. The number of fused-ring (bicyclic) bond motifs is 1. The SMILES string of the molecule is Cc1cccc(N(C)C(=O)[C@@H]2Cc3ccccc3CN2)c1. The summed E-state index contributed by atoms with van der Waals surface area (Å²) in [6.07, 6.45) is 0.755. The first-order chi connectivity index (χ1) is 10.1. The Morgan fingerprint density at radius 1 is 1.14 bits per heavy atom. The van der Waals surface area contributed by atoms with Crippen LogP contribution >= 0.6 is 0 Å². The summed E-state index contributed by atoms with van der Waals surface area (Å²) >= 11 is 0. The third-order valence-electron chi connectivity index (χ3n) is 4.10. The number of hydrogen-bond acceptors (Lipinski definition) is 2. The van der Waals surface area contributed by atoms with Gasteiger partial charge in [-0.2, -0.15) is 0 Å². The summed E-state index contributed by atoms with van der Waals surface area (Å²) in [4.78, 5) is 14.4. The van der Waals surface area contributed by atoms with E-state index < -0.39 is 0 Å². The Hall–Kier alpha value is -2.13. The minimum absolute atomic E-state index is 0.120. The summed E-state index contributed by atoms with van der Waals surface area (Å²) in [7, 11) is 1.85. The molecular formula is C18H20N2O. The number of likely N-dealkylation sites (N-methyl/N-ethyl adjacent to an activating group) is 1. The number of carbonyl (C=O) groups excluding carboxylic acids is 1. The molecule has 21 heavy (non-hydrogen) atoms. The second kappa shape index (κ2) is 5.70. The van der Waals surface area contributed by atoms with Crippen molar-refractivity contribution in [2.75, 3.05) is 11.9 Å². The Morgan fingerprint density at radius 2 is 1.90 bits per heavy atom. The molecule has 0 aromatic heterocycles.